The van der Waals surface area contributed by atoms with Gasteiger partial charge >= 0.3 is 0 Å². The van der Waals surface area contributed by atoms with Crippen LogP contribution in [0, 0.1) is 51.0 Å². The lowest BCUT2D eigenvalue weighted by Gasteiger charge is -2.08. The van der Waals surface area contributed by atoms with Crippen LogP contribution in [0.25, 0.3) is 5.95 Å². The Labute approximate surface area is 478 Å². The third-order valence-corrected chi connectivity index (χ3v) is 11.6. The van der Waals surface area contributed by atoms with Crippen molar-refractivity contribution in [1.82, 2.24) is 59.8 Å². The molecule has 0 saturated heterocycles. The Morgan fingerprint density at radius 3 is 1.39 bits per heavy atom. The molecule has 6 N–H and O–H groups in total. The maximum absolute atomic E-state index is 13.0. The van der Waals surface area contributed by atoms with Gasteiger partial charge in [0.25, 0.3) is 5.95 Å². The van der Waals surface area contributed by atoms with E-state index in [4.69, 9.17) is 52.1 Å². The van der Waals surface area contributed by atoms with E-state index in [9.17, 15) is 17.6 Å². The Hall–Kier alpha value is -8.30. The zero-order valence-electron chi connectivity index (χ0n) is 43.4. The van der Waals surface area contributed by atoms with E-state index in [2.05, 4.69) is 77.2 Å². The number of halogens is 8. The summed E-state index contributed by atoms with van der Waals surface area (Å²) in [4.78, 5) is 32.5. The van der Waals surface area contributed by atoms with E-state index in [1.54, 1.807) is 66.2 Å². The molecule has 2 aliphatic carbocycles. The fourth-order valence-corrected chi connectivity index (χ4v) is 7.79. The molecule has 2 aliphatic rings. The Bertz CT molecular complexity index is 3330. The number of rotatable bonds is 9. The van der Waals surface area contributed by atoms with E-state index in [0.29, 0.717) is 51.1 Å². The number of H-pyrrole nitrogens is 1. The van der Waals surface area contributed by atoms with Gasteiger partial charge in [-0.15, -0.1) is 0 Å². The van der Waals surface area contributed by atoms with Crippen LogP contribution in [0.4, 0.5) is 57.9 Å². The fourth-order valence-electron chi connectivity index (χ4n) is 6.82. The number of nitrogens with zero attached hydrogens (tertiary/aromatic N) is 11. The van der Waals surface area contributed by atoms with Gasteiger partial charge in [-0.05, 0) is 198 Å². The number of aryl methyl sites for hydroxylation is 4. The van der Waals surface area contributed by atoms with Crippen LogP contribution in [0.1, 0.15) is 71.7 Å². The lowest BCUT2D eigenvalue weighted by Crippen LogP contribution is -2.06. The molecule has 412 valence electrons. The maximum Gasteiger partial charge on any atom is 0.252 e. The molecule has 10 aromatic rings. The number of hydrogen-bond acceptors (Lipinski definition) is 14. The summed E-state index contributed by atoms with van der Waals surface area (Å²) in [5, 5.41) is 21.6. The Balaban J connectivity index is 0.000000145. The van der Waals surface area contributed by atoms with Gasteiger partial charge in [0.05, 0.1) is 5.69 Å². The largest absolute Gasteiger partial charge is 0.399 e. The Kier molecular flexibility index (Phi) is 21.6. The molecule has 16 nitrogen and oxygen atoms in total. The molecule has 0 spiro atoms. The van der Waals surface area contributed by atoms with Crippen LogP contribution in [0.5, 0.6) is 0 Å². The maximum atomic E-state index is 13.0. The van der Waals surface area contributed by atoms with Crippen LogP contribution in [-0.4, -0.2) is 59.8 Å². The van der Waals surface area contributed by atoms with Crippen molar-refractivity contribution in [3.63, 3.8) is 0 Å². The van der Waals surface area contributed by atoms with Crippen molar-refractivity contribution < 1.29 is 17.6 Å². The second-order valence-corrected chi connectivity index (χ2v) is 19.3. The van der Waals surface area contributed by atoms with Gasteiger partial charge in [-0.2, -0.15) is 15.2 Å². The minimum atomic E-state index is -0.284. The minimum Gasteiger partial charge on any atom is -0.399 e. The molecule has 6 aromatic heterocycles. The summed E-state index contributed by atoms with van der Waals surface area (Å²) >= 11 is 22.5. The van der Waals surface area contributed by atoms with Gasteiger partial charge < -0.3 is 21.7 Å². The van der Waals surface area contributed by atoms with Crippen molar-refractivity contribution in [2.24, 2.45) is 0 Å². The second kappa shape index (κ2) is 29.1. The molecular weight excluding hydrogens is 1110 g/mol. The minimum absolute atomic E-state index is 0.185. The Morgan fingerprint density at radius 1 is 0.487 bits per heavy atom. The first kappa shape index (κ1) is 59.4. The summed E-state index contributed by atoms with van der Waals surface area (Å²) in [6.07, 6.45) is 8.83. The standard InChI is InChI=1S/C17H16FN5.2C11H9ClFN3.C6H6FN.C6H8N2.C5H4Cl2N2/c1-11-10-16(20-14-6-4-13(18)5-7-14)21-17(19-11)23-9-8-15(22-23)12-2-3-12;1-7-6-10(16-11(12)14-7)15-9-4-2-8(13)3-5-9;1-7-6-10(12)16-11(14-7)15-9-4-2-8(13)3-5-9;7-5-1-3-6(8)4-2-5;1-2-5(1)6-3-4-7-8-6;1-3-2-4(6)9-5(7)8-3/h4-10,12H,2-3H2,1H3,(H,19,20,21);2*2-6H,1H3,(H,14,15,16);1-4H,8H2;3-5H,1-2H2,(H,7,8);2H,1H3. The van der Waals surface area contributed by atoms with Gasteiger partial charge in [0.2, 0.25) is 16.5 Å². The lowest BCUT2D eigenvalue weighted by atomic mass is 10.3. The van der Waals surface area contributed by atoms with Gasteiger partial charge in [0, 0.05) is 87.6 Å². The van der Waals surface area contributed by atoms with E-state index in [0.717, 1.165) is 45.8 Å². The van der Waals surface area contributed by atoms with E-state index in [1.807, 2.05) is 45.3 Å². The molecule has 24 heteroatoms. The highest BCUT2D eigenvalue weighted by molar-refractivity contribution is 6.31. The SMILES string of the molecule is Cc1cc(Cl)nc(Cl)n1.Cc1cc(Cl)nc(Nc2ccc(F)cc2)n1.Cc1cc(Nc2ccc(F)cc2)nc(-n2ccc(C3CC3)n2)n1.Cc1cc(Nc2ccc(F)cc2)nc(Cl)n1.Nc1ccc(F)cc1.c1cc(C2CC2)[nH]n1. The quantitative estimate of drug-likeness (QED) is 0.0394. The molecule has 80 heavy (non-hydrogen) atoms. The zero-order chi connectivity index (χ0) is 57.1. The number of benzene rings is 4. The van der Waals surface area contributed by atoms with Crippen LogP contribution in [-0.2, 0) is 0 Å². The molecule has 0 atom stereocenters. The average molecular weight is 1170 g/mol. The van der Waals surface area contributed by atoms with Gasteiger partial charge in [0.1, 0.15) is 45.2 Å². The van der Waals surface area contributed by atoms with Crippen molar-refractivity contribution in [2.75, 3.05) is 21.7 Å². The monoisotopic (exact) mass is 1160 g/mol. The third kappa shape index (κ3) is 20.8. The summed E-state index contributed by atoms with van der Waals surface area (Å²) in [6, 6.07) is 34.8. The molecule has 12 rings (SSSR count). The number of aromatic nitrogens is 12. The predicted octanol–water partition coefficient (Wildman–Crippen LogP) is 15.2. The van der Waals surface area contributed by atoms with E-state index >= 15 is 0 Å². The summed E-state index contributed by atoms with van der Waals surface area (Å²) in [7, 11) is 0. The molecule has 0 amide bonds. The summed E-state index contributed by atoms with van der Waals surface area (Å²) < 4.78 is 52.1. The fraction of sp³-hybridized carbons (Fsp3) is 0.179. The molecule has 0 radical (unpaired) electrons. The van der Waals surface area contributed by atoms with Gasteiger partial charge in [0.15, 0.2) is 0 Å². The predicted molar refractivity (Wildman–Crippen MR) is 307 cm³/mol. The van der Waals surface area contributed by atoms with Crippen molar-refractivity contribution in [3.05, 3.63) is 224 Å². The smallest absolute Gasteiger partial charge is 0.252 e. The molecule has 6 heterocycles. The normalized spacial score (nSPS) is 12.0. The Morgan fingerprint density at radius 2 is 0.938 bits per heavy atom. The van der Waals surface area contributed by atoms with Crippen LogP contribution in [0.15, 0.2) is 146 Å². The van der Waals surface area contributed by atoms with Gasteiger partial charge in [-0.1, -0.05) is 23.2 Å². The van der Waals surface area contributed by atoms with Crippen molar-refractivity contribution in [1.29, 1.82) is 0 Å². The third-order valence-electron chi connectivity index (χ3n) is 10.8. The van der Waals surface area contributed by atoms with Crippen LogP contribution < -0.4 is 21.7 Å². The summed E-state index contributed by atoms with van der Waals surface area (Å²) in [5.41, 5.74) is 13.6. The molecule has 0 aliphatic heterocycles. The first-order chi connectivity index (χ1) is 38.4. The molecule has 2 saturated carbocycles. The molecule has 0 bridgehead atoms. The first-order valence-corrected chi connectivity index (χ1v) is 26.1. The molecule has 4 aromatic carbocycles. The topological polar surface area (TPSA) is 212 Å². The lowest BCUT2D eigenvalue weighted by molar-refractivity contribution is 0.627. The highest BCUT2D eigenvalue weighted by atomic mass is 35.5. The van der Waals surface area contributed by atoms with Crippen molar-refractivity contribution >= 4 is 86.7 Å². The highest BCUT2D eigenvalue weighted by Crippen LogP contribution is 2.39. The molecule has 2 fully saturated rings. The van der Waals surface area contributed by atoms with Crippen LogP contribution in [0.3, 0.4) is 0 Å². The van der Waals surface area contributed by atoms with E-state index < -0.39 is 0 Å². The number of nitrogens with two attached hydrogens (primary N) is 1. The first-order valence-electron chi connectivity index (χ1n) is 24.6. The van der Waals surface area contributed by atoms with Crippen LogP contribution >= 0.6 is 46.4 Å². The second-order valence-electron chi connectivity index (χ2n) is 17.8. The summed E-state index contributed by atoms with van der Waals surface area (Å²) in [6.45, 7) is 7.36. The van der Waals surface area contributed by atoms with E-state index in [-0.39, 0.29) is 33.8 Å². The molecular formula is C56H52Cl4F4N16. The number of nitrogen functional groups attached to an aromatic ring is 1. The number of nitrogens with one attached hydrogen (secondary N) is 4. The number of aromatic amines is 1. The number of hydrogen-bond donors (Lipinski definition) is 5. The van der Waals surface area contributed by atoms with Gasteiger partial charge in [-0.3, -0.25) is 5.10 Å². The highest BCUT2D eigenvalue weighted by Gasteiger charge is 2.26. The molecule has 0 unspecified atom stereocenters. The van der Waals surface area contributed by atoms with Crippen molar-refractivity contribution in [2.45, 2.75) is 65.2 Å². The zero-order valence-corrected chi connectivity index (χ0v) is 46.4. The van der Waals surface area contributed by atoms with Gasteiger partial charge in [-0.25, -0.2) is 57.1 Å². The van der Waals surface area contributed by atoms with Crippen molar-refractivity contribution in [3.8, 4) is 5.95 Å². The van der Waals surface area contributed by atoms with Crippen LogP contribution in [0.2, 0.25) is 20.9 Å². The number of anilines is 7. The van der Waals surface area contributed by atoms with E-state index in [1.165, 1.54) is 92.0 Å². The summed E-state index contributed by atoms with van der Waals surface area (Å²) in [5.74, 6) is 2.51. The average Bonchev–Trinajstić information content (AvgIpc) is 4.33.